The number of carboxylic acid groups (broad SMARTS) is 1. The summed E-state index contributed by atoms with van der Waals surface area (Å²) in [5.41, 5.74) is 0.312. The molecule has 1 aromatic rings. The fourth-order valence-electron chi connectivity index (χ4n) is 2.45. The van der Waals surface area contributed by atoms with Crippen LogP contribution in [0.4, 0.5) is 4.39 Å². The van der Waals surface area contributed by atoms with Gasteiger partial charge in [-0.05, 0) is 31.9 Å². The molecule has 0 spiro atoms. The number of carbonyl (C=O) groups is 2. The van der Waals surface area contributed by atoms with Crippen LogP contribution in [0, 0.1) is 11.7 Å². The van der Waals surface area contributed by atoms with Crippen molar-refractivity contribution in [3.8, 4) is 5.75 Å². The molecule has 1 saturated heterocycles. The Kier molecular flexibility index (Phi) is 4.77. The summed E-state index contributed by atoms with van der Waals surface area (Å²) in [6, 6.07) is 3.83. The van der Waals surface area contributed by atoms with Crippen LogP contribution in [0.5, 0.6) is 5.75 Å². The summed E-state index contributed by atoms with van der Waals surface area (Å²) in [6.07, 6.45) is 0.873. The molecule has 2 rings (SSSR count). The van der Waals surface area contributed by atoms with Crippen LogP contribution in [-0.4, -0.2) is 41.6 Å². The zero-order valence-electron chi connectivity index (χ0n) is 11.8. The second-order valence-electron chi connectivity index (χ2n) is 4.98. The van der Waals surface area contributed by atoms with Gasteiger partial charge in [0.25, 0.3) is 5.91 Å². The number of rotatable bonds is 4. The van der Waals surface area contributed by atoms with E-state index in [9.17, 15) is 14.0 Å². The number of nitrogens with zero attached hydrogens (tertiary/aromatic N) is 1. The number of amides is 1. The Balaban J connectivity index is 2.12. The molecule has 0 saturated carbocycles. The molecule has 0 aromatic heterocycles. The number of carbonyl (C=O) groups excluding carboxylic acids is 1. The second kappa shape index (κ2) is 6.56. The molecule has 5 nitrogen and oxygen atoms in total. The van der Waals surface area contributed by atoms with Crippen LogP contribution in [0.15, 0.2) is 18.2 Å². The number of hydrogen-bond donors (Lipinski definition) is 1. The maximum absolute atomic E-state index is 13.2. The lowest BCUT2D eigenvalue weighted by Crippen LogP contribution is -2.40. The van der Waals surface area contributed by atoms with Crippen molar-refractivity contribution < 1.29 is 23.8 Å². The van der Waals surface area contributed by atoms with Crippen molar-refractivity contribution in [3.05, 3.63) is 29.6 Å². The van der Waals surface area contributed by atoms with E-state index < -0.39 is 17.7 Å². The van der Waals surface area contributed by atoms with Crippen LogP contribution >= 0.6 is 0 Å². The Morgan fingerprint density at radius 3 is 2.62 bits per heavy atom. The summed E-state index contributed by atoms with van der Waals surface area (Å²) in [5.74, 6) is -1.70. The highest BCUT2D eigenvalue weighted by Gasteiger charge is 2.28. The quantitative estimate of drug-likeness (QED) is 0.924. The van der Waals surface area contributed by atoms with E-state index in [1.54, 1.807) is 11.8 Å². The monoisotopic (exact) mass is 295 g/mol. The highest BCUT2D eigenvalue weighted by atomic mass is 19.1. The summed E-state index contributed by atoms with van der Waals surface area (Å²) in [4.78, 5) is 25.0. The molecule has 0 atom stereocenters. The molecule has 1 aromatic carbocycles. The number of hydrogen-bond acceptors (Lipinski definition) is 3. The summed E-state index contributed by atoms with van der Waals surface area (Å²) in [7, 11) is 0. The topological polar surface area (TPSA) is 66.8 Å². The molecule has 114 valence electrons. The molecular weight excluding hydrogens is 277 g/mol. The lowest BCUT2D eigenvalue weighted by molar-refractivity contribution is -0.143. The molecule has 21 heavy (non-hydrogen) atoms. The summed E-state index contributed by atoms with van der Waals surface area (Å²) < 4.78 is 18.6. The number of carboxylic acids is 1. The van der Waals surface area contributed by atoms with Crippen molar-refractivity contribution in [2.75, 3.05) is 19.7 Å². The van der Waals surface area contributed by atoms with Crippen molar-refractivity contribution in [2.24, 2.45) is 5.92 Å². The van der Waals surface area contributed by atoms with Gasteiger partial charge in [0.2, 0.25) is 0 Å². The van der Waals surface area contributed by atoms with Crippen LogP contribution in [0.25, 0.3) is 0 Å². The molecule has 1 aliphatic rings. The molecule has 6 heteroatoms. The highest BCUT2D eigenvalue weighted by Crippen LogP contribution is 2.25. The van der Waals surface area contributed by atoms with Gasteiger partial charge in [-0.15, -0.1) is 0 Å². The number of halogens is 1. The third kappa shape index (κ3) is 3.51. The minimum Gasteiger partial charge on any atom is -0.493 e. The predicted octanol–water partition coefficient (Wildman–Crippen LogP) is 2.16. The molecule has 1 N–H and O–H groups in total. The van der Waals surface area contributed by atoms with Gasteiger partial charge in [-0.1, -0.05) is 0 Å². The summed E-state index contributed by atoms with van der Waals surface area (Å²) in [6.45, 7) is 2.87. The molecular formula is C15H18FNO4. The lowest BCUT2D eigenvalue weighted by Gasteiger charge is -2.30. The largest absolute Gasteiger partial charge is 0.493 e. The number of aliphatic carboxylic acids is 1. The van der Waals surface area contributed by atoms with Gasteiger partial charge in [0, 0.05) is 19.2 Å². The van der Waals surface area contributed by atoms with Gasteiger partial charge >= 0.3 is 5.97 Å². The van der Waals surface area contributed by atoms with E-state index in [1.165, 1.54) is 18.2 Å². The standard InChI is InChI=1S/C15H18FNO4/c1-2-21-13-9-11(16)3-4-12(13)14(18)17-7-5-10(6-8-17)15(19)20/h3-4,9-10H,2,5-8H2,1H3,(H,19,20). The van der Waals surface area contributed by atoms with E-state index >= 15 is 0 Å². The zero-order chi connectivity index (χ0) is 15.4. The van der Waals surface area contributed by atoms with Crippen molar-refractivity contribution >= 4 is 11.9 Å². The van der Waals surface area contributed by atoms with E-state index in [0.717, 1.165) is 0 Å². The normalized spacial score (nSPS) is 15.8. The number of piperidine rings is 1. The van der Waals surface area contributed by atoms with E-state index in [4.69, 9.17) is 9.84 Å². The van der Waals surface area contributed by atoms with Crippen molar-refractivity contribution in [3.63, 3.8) is 0 Å². The Labute approximate surface area is 122 Å². The highest BCUT2D eigenvalue weighted by molar-refractivity contribution is 5.97. The SMILES string of the molecule is CCOc1cc(F)ccc1C(=O)N1CCC(C(=O)O)CC1. The minimum absolute atomic E-state index is 0.225. The lowest BCUT2D eigenvalue weighted by atomic mass is 9.96. The molecule has 0 bridgehead atoms. The Morgan fingerprint density at radius 1 is 1.38 bits per heavy atom. The van der Waals surface area contributed by atoms with Crippen LogP contribution in [-0.2, 0) is 4.79 Å². The van der Waals surface area contributed by atoms with Gasteiger partial charge in [-0.3, -0.25) is 9.59 Å². The fourth-order valence-corrected chi connectivity index (χ4v) is 2.45. The van der Waals surface area contributed by atoms with Crippen molar-refractivity contribution in [1.82, 2.24) is 4.90 Å². The van der Waals surface area contributed by atoms with Gasteiger partial charge in [0.15, 0.2) is 0 Å². The van der Waals surface area contributed by atoms with Gasteiger partial charge in [-0.2, -0.15) is 0 Å². The average Bonchev–Trinajstić information content (AvgIpc) is 2.47. The maximum atomic E-state index is 13.2. The first-order valence-corrected chi connectivity index (χ1v) is 6.97. The van der Waals surface area contributed by atoms with E-state index in [1.807, 2.05) is 0 Å². The average molecular weight is 295 g/mol. The Morgan fingerprint density at radius 2 is 2.05 bits per heavy atom. The second-order valence-corrected chi connectivity index (χ2v) is 4.98. The molecule has 0 aliphatic carbocycles. The third-order valence-electron chi connectivity index (χ3n) is 3.61. The van der Waals surface area contributed by atoms with Crippen molar-refractivity contribution in [1.29, 1.82) is 0 Å². The van der Waals surface area contributed by atoms with Crippen LogP contribution in [0.1, 0.15) is 30.1 Å². The summed E-state index contributed by atoms with van der Waals surface area (Å²) in [5, 5.41) is 8.96. The Hall–Kier alpha value is -2.11. The molecule has 1 fully saturated rings. The van der Waals surface area contributed by atoms with Gasteiger partial charge in [-0.25, -0.2) is 4.39 Å². The third-order valence-corrected chi connectivity index (χ3v) is 3.61. The molecule has 0 unspecified atom stereocenters. The number of benzene rings is 1. The van der Waals surface area contributed by atoms with Gasteiger partial charge < -0.3 is 14.7 Å². The molecule has 1 aliphatic heterocycles. The van der Waals surface area contributed by atoms with Gasteiger partial charge in [0.05, 0.1) is 18.1 Å². The Bertz CT molecular complexity index is 538. The number of likely N-dealkylation sites (tertiary alicyclic amines) is 1. The van der Waals surface area contributed by atoms with E-state index in [2.05, 4.69) is 0 Å². The molecule has 1 amide bonds. The van der Waals surface area contributed by atoms with Gasteiger partial charge in [0.1, 0.15) is 11.6 Å². The fraction of sp³-hybridized carbons (Fsp3) is 0.467. The minimum atomic E-state index is -0.820. The van der Waals surface area contributed by atoms with Crippen LogP contribution in [0.3, 0.4) is 0 Å². The molecule has 0 radical (unpaired) electrons. The molecule has 1 heterocycles. The smallest absolute Gasteiger partial charge is 0.306 e. The van der Waals surface area contributed by atoms with Crippen LogP contribution < -0.4 is 4.74 Å². The summed E-state index contributed by atoms with van der Waals surface area (Å²) >= 11 is 0. The first-order valence-electron chi connectivity index (χ1n) is 6.97. The maximum Gasteiger partial charge on any atom is 0.306 e. The van der Waals surface area contributed by atoms with Crippen molar-refractivity contribution in [2.45, 2.75) is 19.8 Å². The van der Waals surface area contributed by atoms with Crippen LogP contribution in [0.2, 0.25) is 0 Å². The number of ether oxygens (including phenoxy) is 1. The first kappa shape index (κ1) is 15.3. The van der Waals surface area contributed by atoms with E-state index in [0.29, 0.717) is 38.1 Å². The zero-order valence-corrected chi connectivity index (χ0v) is 11.8. The first-order chi connectivity index (χ1) is 10.0. The predicted molar refractivity (Wildman–Crippen MR) is 73.8 cm³/mol. The van der Waals surface area contributed by atoms with E-state index in [-0.39, 0.29) is 11.7 Å².